The number of hydrogen-bond acceptors (Lipinski definition) is 4. The maximum absolute atomic E-state index is 11.8. The fraction of sp³-hybridized carbons (Fsp3) is 0.625. The Bertz CT molecular complexity index is 457. The summed E-state index contributed by atoms with van der Waals surface area (Å²) in [7, 11) is 0. The zero-order valence-corrected chi connectivity index (χ0v) is 12.8. The van der Waals surface area contributed by atoms with Gasteiger partial charge in [-0.15, -0.1) is 0 Å². The highest BCUT2D eigenvalue weighted by molar-refractivity contribution is 5.93. The molecule has 1 atom stereocenters. The van der Waals surface area contributed by atoms with Gasteiger partial charge in [-0.1, -0.05) is 19.3 Å². The van der Waals surface area contributed by atoms with Crippen molar-refractivity contribution < 1.29 is 4.79 Å². The normalized spacial score (nSPS) is 17.2. The van der Waals surface area contributed by atoms with Crippen LogP contribution in [0, 0.1) is 5.92 Å². The van der Waals surface area contributed by atoms with E-state index in [0.29, 0.717) is 24.7 Å². The van der Waals surface area contributed by atoms with Gasteiger partial charge in [-0.3, -0.25) is 9.78 Å². The molecule has 2 rings (SSSR count). The lowest BCUT2D eigenvalue weighted by Crippen LogP contribution is -2.37. The molecule has 4 N–H and O–H groups in total. The van der Waals surface area contributed by atoms with Gasteiger partial charge >= 0.3 is 0 Å². The Morgan fingerprint density at radius 3 is 2.86 bits per heavy atom. The molecule has 1 aliphatic rings. The molecule has 1 aliphatic carbocycles. The number of nitrogens with zero attached hydrogens (tertiary/aromatic N) is 1. The molecule has 1 unspecified atom stereocenters. The molecule has 0 aromatic carbocycles. The summed E-state index contributed by atoms with van der Waals surface area (Å²) in [5, 5.41) is 6.26. The summed E-state index contributed by atoms with van der Waals surface area (Å²) in [5.74, 6) is 0.493. The van der Waals surface area contributed by atoms with Crippen molar-refractivity contribution in [2.45, 2.75) is 45.1 Å². The van der Waals surface area contributed by atoms with Gasteiger partial charge in [0.05, 0.1) is 0 Å². The lowest BCUT2D eigenvalue weighted by molar-refractivity contribution is 0.0951. The van der Waals surface area contributed by atoms with Gasteiger partial charge in [0.1, 0.15) is 5.69 Å². The third-order valence-electron chi connectivity index (χ3n) is 4.15. The summed E-state index contributed by atoms with van der Waals surface area (Å²) < 4.78 is 0. The van der Waals surface area contributed by atoms with Crippen LogP contribution < -0.4 is 16.4 Å². The molecule has 1 aromatic heterocycles. The predicted octanol–water partition coefficient (Wildman–Crippen LogP) is 2.15. The minimum absolute atomic E-state index is 0.136. The number of carbonyl (C=O) groups is 1. The van der Waals surface area contributed by atoms with E-state index in [2.05, 4.69) is 15.6 Å². The van der Waals surface area contributed by atoms with Crippen LogP contribution in [0.5, 0.6) is 0 Å². The Labute approximate surface area is 126 Å². The Kier molecular flexibility index (Phi) is 5.99. The molecule has 1 amide bonds. The number of carbonyl (C=O) groups excluding carboxylic acids is 1. The van der Waals surface area contributed by atoms with E-state index in [9.17, 15) is 4.79 Å². The summed E-state index contributed by atoms with van der Waals surface area (Å²) in [5.41, 5.74) is 7.31. The van der Waals surface area contributed by atoms with E-state index in [1.807, 2.05) is 13.0 Å². The lowest BCUT2D eigenvalue weighted by atomic mass is 9.84. The van der Waals surface area contributed by atoms with Gasteiger partial charge in [-0.2, -0.15) is 0 Å². The Hall–Kier alpha value is -1.62. The first-order chi connectivity index (χ1) is 10.2. The highest BCUT2D eigenvalue weighted by Crippen LogP contribution is 2.27. The molecule has 5 heteroatoms. The molecule has 0 radical (unpaired) electrons. The van der Waals surface area contributed by atoms with Crippen LogP contribution in [0.4, 0.5) is 5.69 Å². The van der Waals surface area contributed by atoms with Crippen molar-refractivity contribution in [3.05, 3.63) is 24.0 Å². The van der Waals surface area contributed by atoms with Crippen molar-refractivity contribution in [2.24, 2.45) is 11.7 Å². The van der Waals surface area contributed by atoms with Crippen molar-refractivity contribution in [2.75, 3.05) is 18.4 Å². The zero-order valence-electron chi connectivity index (χ0n) is 12.8. The van der Waals surface area contributed by atoms with E-state index >= 15 is 0 Å². The third-order valence-corrected chi connectivity index (χ3v) is 4.15. The predicted molar refractivity (Wildman–Crippen MR) is 85.3 cm³/mol. The number of rotatable bonds is 6. The van der Waals surface area contributed by atoms with Crippen molar-refractivity contribution in [3.63, 3.8) is 0 Å². The second-order valence-electron chi connectivity index (χ2n) is 5.67. The first-order valence-electron chi connectivity index (χ1n) is 7.95. The fourth-order valence-corrected chi connectivity index (χ4v) is 3.02. The number of aromatic nitrogens is 1. The largest absolute Gasteiger partial charge is 0.381 e. The highest BCUT2D eigenvalue weighted by Gasteiger charge is 2.22. The topological polar surface area (TPSA) is 80.0 Å². The second-order valence-corrected chi connectivity index (χ2v) is 5.67. The first kappa shape index (κ1) is 15.8. The molecular formula is C16H26N4O. The maximum atomic E-state index is 11.8. The summed E-state index contributed by atoms with van der Waals surface area (Å²) in [6, 6.07) is 3.97. The van der Waals surface area contributed by atoms with Gasteiger partial charge in [0.2, 0.25) is 0 Å². The van der Waals surface area contributed by atoms with Crippen LogP contribution in [-0.2, 0) is 0 Å². The standard InChI is InChI=1S/C16H26N4O/c1-2-18-16(21)14-10-13(8-9-19-14)20-15(11-17)12-6-4-3-5-7-12/h8-10,12,15H,2-7,11,17H2,1H3,(H,18,21)(H,19,20). The van der Waals surface area contributed by atoms with E-state index in [1.54, 1.807) is 12.3 Å². The van der Waals surface area contributed by atoms with Crippen LogP contribution in [0.3, 0.4) is 0 Å². The van der Waals surface area contributed by atoms with Crippen LogP contribution in [-0.4, -0.2) is 30.0 Å². The molecular weight excluding hydrogens is 264 g/mol. The number of pyridine rings is 1. The third kappa shape index (κ3) is 4.43. The van der Waals surface area contributed by atoms with Crippen molar-refractivity contribution in [1.82, 2.24) is 10.3 Å². The van der Waals surface area contributed by atoms with Crippen molar-refractivity contribution >= 4 is 11.6 Å². The minimum Gasteiger partial charge on any atom is -0.381 e. The number of anilines is 1. The van der Waals surface area contributed by atoms with Crippen LogP contribution in [0.1, 0.15) is 49.5 Å². The van der Waals surface area contributed by atoms with E-state index in [-0.39, 0.29) is 11.9 Å². The van der Waals surface area contributed by atoms with Crippen LogP contribution in [0.15, 0.2) is 18.3 Å². The molecule has 1 heterocycles. The molecule has 0 bridgehead atoms. The summed E-state index contributed by atoms with van der Waals surface area (Å²) >= 11 is 0. The van der Waals surface area contributed by atoms with Crippen molar-refractivity contribution in [3.8, 4) is 0 Å². The molecule has 116 valence electrons. The van der Waals surface area contributed by atoms with E-state index in [1.165, 1.54) is 32.1 Å². The van der Waals surface area contributed by atoms with Gasteiger partial charge in [0, 0.05) is 31.0 Å². The fourth-order valence-electron chi connectivity index (χ4n) is 3.02. The zero-order chi connectivity index (χ0) is 15.1. The van der Waals surface area contributed by atoms with Gasteiger partial charge in [-0.05, 0) is 37.8 Å². The van der Waals surface area contributed by atoms with E-state index < -0.39 is 0 Å². The lowest BCUT2D eigenvalue weighted by Gasteiger charge is -2.30. The monoisotopic (exact) mass is 290 g/mol. The average molecular weight is 290 g/mol. The van der Waals surface area contributed by atoms with E-state index in [4.69, 9.17) is 5.73 Å². The molecule has 21 heavy (non-hydrogen) atoms. The summed E-state index contributed by atoms with van der Waals surface area (Å²) in [6.45, 7) is 3.11. The maximum Gasteiger partial charge on any atom is 0.269 e. The van der Waals surface area contributed by atoms with Crippen LogP contribution in [0.25, 0.3) is 0 Å². The molecule has 1 saturated carbocycles. The molecule has 0 saturated heterocycles. The average Bonchev–Trinajstić information content (AvgIpc) is 2.54. The van der Waals surface area contributed by atoms with Crippen LogP contribution >= 0.6 is 0 Å². The minimum atomic E-state index is -0.136. The number of amides is 1. The Morgan fingerprint density at radius 1 is 1.43 bits per heavy atom. The van der Waals surface area contributed by atoms with Gasteiger partial charge in [0.25, 0.3) is 5.91 Å². The number of nitrogens with two attached hydrogens (primary N) is 1. The quantitative estimate of drug-likeness (QED) is 0.750. The molecule has 0 spiro atoms. The smallest absolute Gasteiger partial charge is 0.269 e. The second kappa shape index (κ2) is 7.98. The molecule has 1 aromatic rings. The summed E-state index contributed by atoms with van der Waals surface area (Å²) in [6.07, 6.45) is 8.07. The summed E-state index contributed by atoms with van der Waals surface area (Å²) in [4.78, 5) is 15.9. The van der Waals surface area contributed by atoms with Gasteiger partial charge in [-0.25, -0.2) is 0 Å². The van der Waals surface area contributed by atoms with Crippen molar-refractivity contribution in [1.29, 1.82) is 0 Å². The first-order valence-corrected chi connectivity index (χ1v) is 7.95. The number of hydrogen-bond donors (Lipinski definition) is 3. The van der Waals surface area contributed by atoms with Gasteiger partial charge in [0.15, 0.2) is 0 Å². The van der Waals surface area contributed by atoms with E-state index in [0.717, 1.165) is 5.69 Å². The number of nitrogens with one attached hydrogen (secondary N) is 2. The Morgan fingerprint density at radius 2 is 2.19 bits per heavy atom. The highest BCUT2D eigenvalue weighted by atomic mass is 16.1. The van der Waals surface area contributed by atoms with Gasteiger partial charge < -0.3 is 16.4 Å². The van der Waals surface area contributed by atoms with Crippen LogP contribution in [0.2, 0.25) is 0 Å². The Balaban J connectivity index is 2.03. The SMILES string of the molecule is CCNC(=O)c1cc(NC(CN)C2CCCCC2)ccn1. The molecule has 1 fully saturated rings. The molecule has 0 aliphatic heterocycles. The molecule has 5 nitrogen and oxygen atoms in total.